The van der Waals surface area contributed by atoms with Crippen molar-refractivity contribution in [1.82, 2.24) is 0 Å². The maximum absolute atomic E-state index is 12.7. The van der Waals surface area contributed by atoms with Gasteiger partial charge in [-0.05, 0) is 70.6 Å². The first kappa shape index (κ1) is 59.5. The molecule has 0 rings (SSSR count). The van der Waals surface area contributed by atoms with Crippen LogP contribution >= 0.6 is 7.82 Å². The molecule has 358 valence electrons. The monoisotopic (exact) mass is 904 g/mol. The van der Waals surface area contributed by atoms with Gasteiger partial charge in [-0.25, -0.2) is 0 Å². The lowest BCUT2D eigenvalue weighted by molar-refractivity contribution is -0.870. The number of allylic oxidation sites excluding steroid dienone is 16. The molecule has 0 aliphatic rings. The van der Waals surface area contributed by atoms with Crippen molar-refractivity contribution >= 4 is 19.8 Å². The van der Waals surface area contributed by atoms with Crippen LogP contribution < -0.4 is 4.89 Å². The van der Waals surface area contributed by atoms with Crippen LogP contribution in [0.15, 0.2) is 109 Å². The van der Waals surface area contributed by atoms with E-state index in [1.54, 1.807) is 42.5 Å². The number of phosphoric acid groups is 1. The molecule has 0 radical (unpaired) electrons. The van der Waals surface area contributed by atoms with E-state index in [0.717, 1.165) is 77.0 Å². The summed E-state index contributed by atoms with van der Waals surface area (Å²) in [7, 11) is 0.931. The van der Waals surface area contributed by atoms with Gasteiger partial charge < -0.3 is 43.2 Å². The first-order valence-electron chi connectivity index (χ1n) is 22.9. The standard InChI is InChI=1S/C50H82NO11P/c1-6-8-10-11-12-13-14-15-16-17-18-19-20-21-22-23-24-29-33-39-50(56)62-46(44-61-63(57,58)60-42-41-51(3,4)5)43-59-49(55)40-34-38-48(54)47(53)37-32-28-26-25-27-31-36-45(52)35-30-9-7-2/h8,10,12-13,15-16,18-19,21-22,25-28,31-32,36-37,45-48,52-54H,6-7,9,11,14,17,20,23-24,29-30,33-35,38-44H2,1-5H3/b10-8-,13-12-,16-15-,19-18-,22-21-,27-25-,28-26+,36-31+,37-32+/t45-,46-,47-,48-/m1/s1. The number of unbranched alkanes of at least 4 members (excludes halogenated alkanes) is 5. The molecule has 1 unspecified atom stereocenters. The van der Waals surface area contributed by atoms with Crippen LogP contribution in [0, 0.1) is 0 Å². The number of rotatable bonds is 39. The summed E-state index contributed by atoms with van der Waals surface area (Å²) >= 11 is 0. The van der Waals surface area contributed by atoms with Crippen molar-refractivity contribution in [3.8, 4) is 0 Å². The highest BCUT2D eigenvalue weighted by Crippen LogP contribution is 2.38. The van der Waals surface area contributed by atoms with Gasteiger partial charge in [0.1, 0.15) is 19.8 Å². The summed E-state index contributed by atoms with van der Waals surface area (Å²) in [6.07, 6.45) is 43.4. The summed E-state index contributed by atoms with van der Waals surface area (Å²) in [6.45, 7) is 3.54. The number of likely N-dealkylation sites (N-methyl/N-ethyl adjacent to an activating group) is 1. The van der Waals surface area contributed by atoms with Crippen molar-refractivity contribution < 1.29 is 57.4 Å². The van der Waals surface area contributed by atoms with E-state index < -0.39 is 57.4 Å². The van der Waals surface area contributed by atoms with Crippen LogP contribution in [0.25, 0.3) is 0 Å². The fraction of sp³-hybridized carbons (Fsp3) is 0.600. The Balaban J connectivity index is 4.74. The van der Waals surface area contributed by atoms with E-state index in [1.165, 1.54) is 6.08 Å². The van der Waals surface area contributed by atoms with E-state index in [2.05, 4.69) is 74.6 Å². The van der Waals surface area contributed by atoms with Gasteiger partial charge in [0.05, 0.1) is 46.1 Å². The van der Waals surface area contributed by atoms with Crippen molar-refractivity contribution in [3.63, 3.8) is 0 Å². The average Bonchev–Trinajstić information content (AvgIpc) is 3.23. The zero-order valence-corrected chi connectivity index (χ0v) is 39.9. The van der Waals surface area contributed by atoms with Gasteiger partial charge in [0.25, 0.3) is 7.82 Å². The number of carbonyl (C=O) groups is 2. The van der Waals surface area contributed by atoms with E-state index in [0.29, 0.717) is 17.4 Å². The normalized spacial score (nSPS) is 16.0. The van der Waals surface area contributed by atoms with E-state index >= 15 is 0 Å². The molecule has 13 heteroatoms. The van der Waals surface area contributed by atoms with Gasteiger partial charge >= 0.3 is 11.9 Å². The van der Waals surface area contributed by atoms with Gasteiger partial charge in [-0.3, -0.25) is 14.2 Å². The van der Waals surface area contributed by atoms with Crippen molar-refractivity contribution in [1.29, 1.82) is 0 Å². The highest BCUT2D eigenvalue weighted by Gasteiger charge is 2.22. The summed E-state index contributed by atoms with van der Waals surface area (Å²) < 4.78 is 33.6. The van der Waals surface area contributed by atoms with Crippen LogP contribution in [-0.4, -0.2) is 104 Å². The topological polar surface area (TPSA) is 172 Å². The number of esters is 2. The summed E-state index contributed by atoms with van der Waals surface area (Å²) in [5.74, 6) is -1.22. The predicted molar refractivity (Wildman–Crippen MR) is 253 cm³/mol. The molecule has 3 N–H and O–H groups in total. The number of aliphatic hydroxyl groups excluding tert-OH is 3. The van der Waals surface area contributed by atoms with E-state index in [-0.39, 0.29) is 32.3 Å². The van der Waals surface area contributed by atoms with Crippen molar-refractivity contribution in [2.24, 2.45) is 0 Å². The molecule has 0 heterocycles. The average molecular weight is 904 g/mol. The molecular formula is C50H82NO11P. The lowest BCUT2D eigenvalue weighted by atomic mass is 10.1. The summed E-state index contributed by atoms with van der Waals surface area (Å²) in [5.41, 5.74) is 0. The maximum atomic E-state index is 12.7. The van der Waals surface area contributed by atoms with Crippen LogP contribution in [0.4, 0.5) is 0 Å². The summed E-state index contributed by atoms with van der Waals surface area (Å²) in [6, 6.07) is 0. The smallest absolute Gasteiger partial charge is 0.306 e. The Morgan fingerprint density at radius 2 is 1.21 bits per heavy atom. The highest BCUT2D eigenvalue weighted by molar-refractivity contribution is 7.45. The molecule has 0 aliphatic carbocycles. The molecule has 0 bridgehead atoms. The fourth-order valence-corrected chi connectivity index (χ4v) is 6.14. The van der Waals surface area contributed by atoms with Gasteiger partial charge in [-0.1, -0.05) is 149 Å². The number of carbonyl (C=O) groups excluding carboxylic acids is 2. The zero-order chi connectivity index (χ0) is 46.9. The van der Waals surface area contributed by atoms with Crippen LogP contribution in [0.5, 0.6) is 0 Å². The summed E-state index contributed by atoms with van der Waals surface area (Å²) in [5, 5.41) is 30.5. The minimum Gasteiger partial charge on any atom is -0.756 e. The quantitative estimate of drug-likeness (QED) is 0.0134. The van der Waals surface area contributed by atoms with Gasteiger partial charge in [0.2, 0.25) is 0 Å². The molecule has 63 heavy (non-hydrogen) atoms. The third-order valence-electron chi connectivity index (χ3n) is 9.14. The lowest BCUT2D eigenvalue weighted by Gasteiger charge is -2.28. The van der Waals surface area contributed by atoms with Crippen LogP contribution in [0.1, 0.15) is 123 Å². The Morgan fingerprint density at radius 1 is 0.635 bits per heavy atom. The van der Waals surface area contributed by atoms with Crippen molar-refractivity contribution in [2.45, 2.75) is 147 Å². The molecular weight excluding hydrogens is 822 g/mol. The molecule has 0 saturated heterocycles. The van der Waals surface area contributed by atoms with E-state index in [1.807, 2.05) is 21.1 Å². The second-order valence-electron chi connectivity index (χ2n) is 16.2. The highest BCUT2D eigenvalue weighted by atomic mass is 31.2. The van der Waals surface area contributed by atoms with Gasteiger partial charge in [-0.2, -0.15) is 0 Å². The minimum atomic E-state index is -4.73. The number of hydrogen-bond donors (Lipinski definition) is 3. The largest absolute Gasteiger partial charge is 0.756 e. The van der Waals surface area contributed by atoms with Gasteiger partial charge in [-0.15, -0.1) is 0 Å². The summed E-state index contributed by atoms with van der Waals surface area (Å²) in [4.78, 5) is 37.7. The number of ether oxygens (including phenoxy) is 2. The number of aliphatic hydroxyl groups is 3. The predicted octanol–water partition coefficient (Wildman–Crippen LogP) is 9.41. The first-order valence-corrected chi connectivity index (χ1v) is 24.4. The Labute approximate surface area is 380 Å². The molecule has 12 nitrogen and oxygen atoms in total. The molecule has 0 aromatic heterocycles. The van der Waals surface area contributed by atoms with Gasteiger partial charge in [0, 0.05) is 12.8 Å². The lowest BCUT2D eigenvalue weighted by Crippen LogP contribution is -2.37. The second kappa shape index (κ2) is 40.1. The number of hydrogen-bond acceptors (Lipinski definition) is 11. The Bertz CT molecular complexity index is 1490. The third kappa shape index (κ3) is 42.3. The molecule has 5 atom stereocenters. The second-order valence-corrected chi connectivity index (χ2v) is 17.7. The third-order valence-corrected chi connectivity index (χ3v) is 10.1. The Hall–Kier alpha value is -3.45. The number of nitrogens with zero attached hydrogens (tertiary/aromatic N) is 1. The Morgan fingerprint density at radius 3 is 1.81 bits per heavy atom. The molecule has 0 fully saturated rings. The first-order chi connectivity index (χ1) is 30.2. The van der Waals surface area contributed by atoms with E-state index in [9.17, 15) is 34.4 Å². The van der Waals surface area contributed by atoms with Crippen molar-refractivity contribution in [3.05, 3.63) is 109 Å². The molecule has 0 aromatic carbocycles. The molecule has 0 aliphatic heterocycles. The van der Waals surface area contributed by atoms with Gasteiger partial charge in [0.15, 0.2) is 6.10 Å². The molecule has 0 amide bonds. The number of quaternary nitrogens is 1. The van der Waals surface area contributed by atoms with E-state index in [4.69, 9.17) is 18.5 Å². The maximum Gasteiger partial charge on any atom is 0.306 e. The minimum absolute atomic E-state index is 0.0906. The SMILES string of the molecule is CC/C=C\C/C=C\C/C=C\C/C=C\C/C=C\CCCCCC(=O)O[C@H](COC(=O)CCC[C@@H](O)[C@H](O)/C=C/C=C/C=C\C=C\[C@H](O)CCCCC)COP(=O)([O-])OCC[N+](C)(C)C. The fourth-order valence-electron chi connectivity index (χ4n) is 5.42. The molecule has 0 saturated carbocycles. The number of phosphoric ester groups is 1. The Kier molecular flexibility index (Phi) is 37.9. The van der Waals surface area contributed by atoms with Crippen molar-refractivity contribution in [2.75, 3.05) is 47.5 Å². The van der Waals surface area contributed by atoms with Crippen LogP contribution in [0.2, 0.25) is 0 Å². The molecule has 0 aromatic rings. The zero-order valence-electron chi connectivity index (χ0n) is 39.1. The molecule has 0 spiro atoms. The van der Waals surface area contributed by atoms with Crippen LogP contribution in [0.3, 0.4) is 0 Å². The van der Waals surface area contributed by atoms with Crippen LogP contribution in [-0.2, 0) is 32.7 Å².